The van der Waals surface area contributed by atoms with Gasteiger partial charge in [-0.15, -0.1) is 0 Å². The highest BCUT2D eigenvalue weighted by Gasteiger charge is 2.48. The fourth-order valence-electron chi connectivity index (χ4n) is 1.38. The molecule has 0 spiro atoms. The number of hydrogen-bond acceptors (Lipinski definition) is 4. The fourth-order valence-corrected chi connectivity index (χ4v) is 1.38. The van der Waals surface area contributed by atoms with Crippen molar-refractivity contribution in [3.05, 3.63) is 11.7 Å². The van der Waals surface area contributed by atoms with Crippen LogP contribution in [-0.4, -0.2) is 22.9 Å². The molecule has 0 unspecified atom stereocenters. The van der Waals surface area contributed by atoms with Gasteiger partial charge in [-0.25, -0.2) is 0 Å². The van der Waals surface area contributed by atoms with Crippen LogP contribution in [-0.2, 0) is 11.8 Å². The van der Waals surface area contributed by atoms with Crippen molar-refractivity contribution >= 4 is 0 Å². The molecule has 1 aliphatic rings. The largest absolute Gasteiger partial charge is 0.396 e. The minimum atomic E-state index is -4.30. The SMILES string of the molecule is NCC1(c2nc(CC(F)(F)F)no2)CC1. The smallest absolute Gasteiger partial charge is 0.339 e. The van der Waals surface area contributed by atoms with Crippen molar-refractivity contribution in [2.24, 2.45) is 5.73 Å². The molecular weight excluding hydrogens is 211 g/mol. The Balaban J connectivity index is 2.11. The lowest BCUT2D eigenvalue weighted by Gasteiger charge is -2.03. The summed E-state index contributed by atoms with van der Waals surface area (Å²) in [6.07, 6.45) is -3.86. The van der Waals surface area contributed by atoms with Crippen LogP contribution in [0, 0.1) is 0 Å². The molecule has 1 fully saturated rings. The van der Waals surface area contributed by atoms with E-state index in [1.807, 2.05) is 0 Å². The molecule has 2 rings (SSSR count). The molecule has 0 aliphatic heterocycles. The van der Waals surface area contributed by atoms with Gasteiger partial charge in [0.15, 0.2) is 5.82 Å². The lowest BCUT2D eigenvalue weighted by atomic mass is 10.1. The van der Waals surface area contributed by atoms with Crippen molar-refractivity contribution in [2.45, 2.75) is 30.9 Å². The zero-order valence-corrected chi connectivity index (χ0v) is 7.84. The highest BCUT2D eigenvalue weighted by Crippen LogP contribution is 2.46. The van der Waals surface area contributed by atoms with Crippen molar-refractivity contribution in [3.63, 3.8) is 0 Å². The maximum absolute atomic E-state index is 12.0. The van der Waals surface area contributed by atoms with Crippen molar-refractivity contribution in [3.8, 4) is 0 Å². The highest BCUT2D eigenvalue weighted by molar-refractivity contribution is 5.16. The van der Waals surface area contributed by atoms with Gasteiger partial charge in [-0.2, -0.15) is 18.2 Å². The standard InChI is InChI=1S/C8H10F3N3O/c9-8(10,11)3-5-13-6(15-14-5)7(4-12)1-2-7/h1-4,12H2. The van der Waals surface area contributed by atoms with Gasteiger partial charge in [0.05, 0.1) is 5.41 Å². The molecule has 0 bridgehead atoms. The summed E-state index contributed by atoms with van der Waals surface area (Å²) in [6.45, 7) is 0.334. The predicted octanol–water partition coefficient (Wildman–Crippen LogP) is 1.16. The van der Waals surface area contributed by atoms with Gasteiger partial charge in [0, 0.05) is 6.54 Å². The molecule has 1 aromatic rings. The molecule has 4 nitrogen and oxygen atoms in total. The summed E-state index contributed by atoms with van der Waals surface area (Å²) in [5.41, 5.74) is 5.14. The van der Waals surface area contributed by atoms with Crippen LogP contribution >= 0.6 is 0 Å². The Kier molecular flexibility index (Phi) is 2.22. The van der Waals surface area contributed by atoms with E-state index >= 15 is 0 Å². The summed E-state index contributed by atoms with van der Waals surface area (Å²) < 4.78 is 40.8. The average Bonchev–Trinajstić information content (AvgIpc) is 2.80. The van der Waals surface area contributed by atoms with Crippen LogP contribution in [0.3, 0.4) is 0 Å². The third-order valence-corrected chi connectivity index (χ3v) is 2.52. The molecule has 0 saturated heterocycles. The monoisotopic (exact) mass is 221 g/mol. The molecule has 1 aromatic heterocycles. The van der Waals surface area contributed by atoms with E-state index < -0.39 is 12.6 Å². The lowest BCUT2D eigenvalue weighted by molar-refractivity contribution is -0.128. The second-order valence-electron chi connectivity index (χ2n) is 3.79. The number of alkyl halides is 3. The first-order valence-electron chi connectivity index (χ1n) is 4.55. The van der Waals surface area contributed by atoms with Crippen molar-refractivity contribution < 1.29 is 17.7 Å². The molecule has 0 amide bonds. The van der Waals surface area contributed by atoms with Gasteiger partial charge < -0.3 is 10.3 Å². The molecule has 2 N–H and O–H groups in total. The van der Waals surface area contributed by atoms with Crippen molar-refractivity contribution in [1.82, 2.24) is 10.1 Å². The van der Waals surface area contributed by atoms with Crippen LogP contribution in [0.25, 0.3) is 0 Å². The Morgan fingerprint density at radius 1 is 1.40 bits per heavy atom. The number of rotatable bonds is 3. The fraction of sp³-hybridized carbons (Fsp3) is 0.750. The van der Waals surface area contributed by atoms with E-state index in [9.17, 15) is 13.2 Å². The minimum absolute atomic E-state index is 0.240. The Hall–Kier alpha value is -1.11. The molecule has 1 heterocycles. The zero-order chi connectivity index (χ0) is 11.1. The maximum atomic E-state index is 12.0. The summed E-state index contributed by atoms with van der Waals surface area (Å²) in [6, 6.07) is 0. The van der Waals surface area contributed by atoms with Crippen LogP contribution in [0.2, 0.25) is 0 Å². The van der Waals surface area contributed by atoms with Gasteiger partial charge in [0.2, 0.25) is 5.89 Å². The Morgan fingerprint density at radius 3 is 2.53 bits per heavy atom. The van der Waals surface area contributed by atoms with E-state index in [-0.39, 0.29) is 17.1 Å². The van der Waals surface area contributed by atoms with E-state index in [4.69, 9.17) is 10.3 Å². The molecule has 0 radical (unpaired) electrons. The molecule has 0 aromatic carbocycles. The number of nitrogens with two attached hydrogens (primary N) is 1. The van der Waals surface area contributed by atoms with Gasteiger partial charge in [-0.3, -0.25) is 0 Å². The number of hydrogen-bond donors (Lipinski definition) is 1. The van der Waals surface area contributed by atoms with E-state index in [0.29, 0.717) is 6.54 Å². The second kappa shape index (κ2) is 3.19. The predicted molar refractivity (Wildman–Crippen MR) is 44.0 cm³/mol. The summed E-state index contributed by atoms with van der Waals surface area (Å²) >= 11 is 0. The topological polar surface area (TPSA) is 64.9 Å². The third kappa shape index (κ3) is 2.11. The average molecular weight is 221 g/mol. The van der Waals surface area contributed by atoms with Crippen LogP contribution in [0.4, 0.5) is 13.2 Å². The maximum Gasteiger partial charge on any atom is 0.396 e. The first kappa shape index (κ1) is 10.4. The summed E-state index contributed by atoms with van der Waals surface area (Å²) in [7, 11) is 0. The van der Waals surface area contributed by atoms with Crippen LogP contribution in [0.15, 0.2) is 4.52 Å². The van der Waals surface area contributed by atoms with E-state index in [1.165, 1.54) is 0 Å². The van der Waals surface area contributed by atoms with Gasteiger partial charge in [-0.05, 0) is 12.8 Å². The minimum Gasteiger partial charge on any atom is -0.339 e. The van der Waals surface area contributed by atoms with Gasteiger partial charge in [0.25, 0.3) is 0 Å². The molecular formula is C8H10F3N3O. The van der Waals surface area contributed by atoms with Crippen LogP contribution in [0.5, 0.6) is 0 Å². The van der Waals surface area contributed by atoms with Gasteiger partial charge in [0.1, 0.15) is 6.42 Å². The van der Waals surface area contributed by atoms with Gasteiger partial charge in [-0.1, -0.05) is 5.16 Å². The molecule has 1 aliphatic carbocycles. The molecule has 7 heteroatoms. The van der Waals surface area contributed by atoms with Crippen molar-refractivity contribution in [1.29, 1.82) is 0 Å². The van der Waals surface area contributed by atoms with E-state index in [1.54, 1.807) is 0 Å². The normalized spacial score (nSPS) is 19.2. The van der Waals surface area contributed by atoms with Crippen LogP contribution < -0.4 is 5.73 Å². The highest BCUT2D eigenvalue weighted by atomic mass is 19.4. The first-order chi connectivity index (χ1) is 6.95. The molecule has 1 saturated carbocycles. The Morgan fingerprint density at radius 2 is 2.07 bits per heavy atom. The summed E-state index contributed by atoms with van der Waals surface area (Å²) in [5, 5.41) is 3.29. The second-order valence-corrected chi connectivity index (χ2v) is 3.79. The first-order valence-corrected chi connectivity index (χ1v) is 4.55. The van der Waals surface area contributed by atoms with E-state index in [2.05, 4.69) is 10.1 Å². The van der Waals surface area contributed by atoms with Crippen molar-refractivity contribution in [2.75, 3.05) is 6.54 Å². The molecule has 15 heavy (non-hydrogen) atoms. The molecule has 0 atom stereocenters. The Bertz CT molecular complexity index is 356. The van der Waals surface area contributed by atoms with E-state index in [0.717, 1.165) is 12.8 Å². The summed E-state index contributed by atoms with van der Waals surface area (Å²) in [5.74, 6) is -0.0820. The third-order valence-electron chi connectivity index (χ3n) is 2.52. The number of halogens is 3. The molecule has 84 valence electrons. The van der Waals surface area contributed by atoms with Gasteiger partial charge >= 0.3 is 6.18 Å². The quantitative estimate of drug-likeness (QED) is 0.831. The summed E-state index contributed by atoms with van der Waals surface area (Å²) in [4.78, 5) is 3.72. The van der Waals surface area contributed by atoms with Crippen LogP contribution in [0.1, 0.15) is 24.6 Å². The zero-order valence-electron chi connectivity index (χ0n) is 7.84. The Labute approximate surface area is 83.6 Å². The number of aromatic nitrogens is 2. The lowest BCUT2D eigenvalue weighted by Crippen LogP contribution is -2.20. The number of nitrogens with zero attached hydrogens (tertiary/aromatic N) is 2.